The quantitative estimate of drug-likeness (QED) is 0.753. The highest BCUT2D eigenvalue weighted by Gasteiger charge is 2.29. The maximum atomic E-state index is 11.3. The molecule has 1 saturated carbocycles. The van der Waals surface area contributed by atoms with E-state index in [9.17, 15) is 13.5 Å². The molecule has 0 bridgehead atoms. The molecule has 2 N–H and O–H groups in total. The minimum absolute atomic E-state index is 0.110. The van der Waals surface area contributed by atoms with E-state index in [0.29, 0.717) is 11.7 Å². The summed E-state index contributed by atoms with van der Waals surface area (Å²) < 4.78 is 22.5. The van der Waals surface area contributed by atoms with Gasteiger partial charge in [-0.3, -0.25) is 0 Å². The van der Waals surface area contributed by atoms with Crippen molar-refractivity contribution < 1.29 is 13.5 Å². The van der Waals surface area contributed by atoms with Crippen molar-refractivity contribution in [3.05, 3.63) is 0 Å². The lowest BCUT2D eigenvalue weighted by molar-refractivity contribution is 0.0685. The first-order valence-corrected chi connectivity index (χ1v) is 8.01. The van der Waals surface area contributed by atoms with Crippen LogP contribution in [0.2, 0.25) is 0 Å². The van der Waals surface area contributed by atoms with Crippen LogP contribution in [0.4, 0.5) is 0 Å². The fourth-order valence-electron chi connectivity index (χ4n) is 2.70. The van der Waals surface area contributed by atoms with Crippen LogP contribution in [0.25, 0.3) is 0 Å². The second-order valence-electron chi connectivity index (χ2n) is 5.12. The summed E-state index contributed by atoms with van der Waals surface area (Å²) in [4.78, 5) is 0. The molecule has 0 aromatic carbocycles. The first-order valence-electron chi connectivity index (χ1n) is 6.19. The molecule has 94 valence electrons. The third kappa shape index (κ3) is 3.18. The van der Waals surface area contributed by atoms with Crippen LogP contribution in [0.3, 0.4) is 0 Å². The fourth-order valence-corrected chi connectivity index (χ4v) is 4.41. The van der Waals surface area contributed by atoms with Gasteiger partial charge in [-0.1, -0.05) is 12.8 Å². The van der Waals surface area contributed by atoms with Crippen LogP contribution in [0.15, 0.2) is 0 Å². The molecule has 4 nitrogen and oxygen atoms in total. The summed E-state index contributed by atoms with van der Waals surface area (Å²) in [6.45, 7) is 0.765. The van der Waals surface area contributed by atoms with Gasteiger partial charge in [0.05, 0.1) is 17.6 Å². The molecule has 1 heterocycles. The zero-order valence-corrected chi connectivity index (χ0v) is 10.4. The number of sulfone groups is 1. The summed E-state index contributed by atoms with van der Waals surface area (Å²) in [6, 6.07) is 0.110. The van der Waals surface area contributed by atoms with Crippen molar-refractivity contribution in [2.45, 2.75) is 44.2 Å². The second-order valence-corrected chi connectivity index (χ2v) is 7.35. The lowest BCUT2D eigenvalue weighted by atomic mass is 9.86. The Bertz CT molecular complexity index is 328. The third-order valence-corrected chi connectivity index (χ3v) is 5.54. The van der Waals surface area contributed by atoms with E-state index in [1.807, 2.05) is 0 Å². The van der Waals surface area contributed by atoms with Gasteiger partial charge in [0, 0.05) is 12.6 Å². The van der Waals surface area contributed by atoms with E-state index in [4.69, 9.17) is 0 Å². The Balaban J connectivity index is 1.75. The van der Waals surface area contributed by atoms with Crippen LogP contribution in [-0.2, 0) is 9.84 Å². The van der Waals surface area contributed by atoms with Crippen LogP contribution < -0.4 is 5.32 Å². The Morgan fingerprint density at radius 1 is 1.19 bits per heavy atom. The van der Waals surface area contributed by atoms with E-state index in [2.05, 4.69) is 5.32 Å². The van der Waals surface area contributed by atoms with Crippen LogP contribution in [-0.4, -0.2) is 43.7 Å². The van der Waals surface area contributed by atoms with E-state index in [0.717, 1.165) is 32.2 Å². The lowest BCUT2D eigenvalue weighted by Crippen LogP contribution is -2.39. The van der Waals surface area contributed by atoms with Crippen LogP contribution >= 0.6 is 0 Å². The summed E-state index contributed by atoms with van der Waals surface area (Å²) in [6.07, 6.45) is 4.80. The van der Waals surface area contributed by atoms with Gasteiger partial charge in [0.1, 0.15) is 0 Å². The topological polar surface area (TPSA) is 66.4 Å². The number of aliphatic hydroxyl groups is 1. The number of rotatable bonds is 3. The molecular weight excluding hydrogens is 226 g/mol. The van der Waals surface area contributed by atoms with E-state index < -0.39 is 9.84 Å². The first kappa shape index (κ1) is 12.3. The Morgan fingerprint density at radius 3 is 2.56 bits per heavy atom. The Morgan fingerprint density at radius 2 is 1.94 bits per heavy atom. The molecule has 2 rings (SSSR count). The van der Waals surface area contributed by atoms with Gasteiger partial charge in [0.15, 0.2) is 9.84 Å². The molecule has 0 aromatic rings. The fraction of sp³-hybridized carbons (Fsp3) is 1.00. The number of hydrogen-bond donors (Lipinski definition) is 2. The van der Waals surface area contributed by atoms with Crippen molar-refractivity contribution in [3.63, 3.8) is 0 Å². The van der Waals surface area contributed by atoms with Gasteiger partial charge in [0.2, 0.25) is 0 Å². The Labute approximate surface area is 97.3 Å². The zero-order valence-electron chi connectivity index (χ0n) is 9.56. The highest BCUT2D eigenvalue weighted by molar-refractivity contribution is 7.91. The predicted octanol–water partition coefficient (Wildman–Crippen LogP) is 0.314. The second kappa shape index (κ2) is 5.02. The maximum absolute atomic E-state index is 11.3. The van der Waals surface area contributed by atoms with Gasteiger partial charge in [-0.15, -0.1) is 0 Å². The average Bonchev–Trinajstić information content (AvgIpc) is 2.57. The van der Waals surface area contributed by atoms with Gasteiger partial charge in [-0.05, 0) is 25.2 Å². The van der Waals surface area contributed by atoms with Crippen LogP contribution in [0.5, 0.6) is 0 Å². The zero-order chi connectivity index (χ0) is 11.6. The van der Waals surface area contributed by atoms with Crippen molar-refractivity contribution >= 4 is 9.84 Å². The van der Waals surface area contributed by atoms with E-state index in [1.165, 1.54) is 6.42 Å². The average molecular weight is 247 g/mol. The molecule has 1 aliphatic heterocycles. The predicted molar refractivity (Wildman–Crippen MR) is 63.0 cm³/mol. The SMILES string of the molecule is O=S1(=O)CCC(NCC2CCCCC2O)C1. The molecule has 0 amide bonds. The molecule has 0 radical (unpaired) electrons. The minimum Gasteiger partial charge on any atom is -0.393 e. The molecule has 3 unspecified atom stereocenters. The van der Waals surface area contributed by atoms with Crippen molar-refractivity contribution in [2.24, 2.45) is 5.92 Å². The monoisotopic (exact) mass is 247 g/mol. The molecule has 1 saturated heterocycles. The molecule has 0 spiro atoms. The molecule has 5 heteroatoms. The van der Waals surface area contributed by atoms with Crippen molar-refractivity contribution in [1.82, 2.24) is 5.32 Å². The van der Waals surface area contributed by atoms with Gasteiger partial charge in [-0.25, -0.2) is 8.42 Å². The van der Waals surface area contributed by atoms with Crippen LogP contribution in [0.1, 0.15) is 32.1 Å². The highest BCUT2D eigenvalue weighted by atomic mass is 32.2. The molecule has 3 atom stereocenters. The summed E-state index contributed by atoms with van der Waals surface area (Å²) >= 11 is 0. The summed E-state index contributed by atoms with van der Waals surface area (Å²) in [7, 11) is -2.79. The van der Waals surface area contributed by atoms with Crippen LogP contribution in [0, 0.1) is 5.92 Å². The molecule has 2 aliphatic rings. The Kier molecular flexibility index (Phi) is 3.87. The molecular formula is C11H21NO3S. The number of nitrogens with one attached hydrogen (secondary N) is 1. The van der Waals surface area contributed by atoms with Gasteiger partial charge in [0.25, 0.3) is 0 Å². The van der Waals surface area contributed by atoms with Crippen molar-refractivity contribution in [3.8, 4) is 0 Å². The molecule has 1 aliphatic carbocycles. The summed E-state index contributed by atoms with van der Waals surface area (Å²) in [5.74, 6) is 0.908. The number of hydrogen-bond acceptors (Lipinski definition) is 4. The molecule has 16 heavy (non-hydrogen) atoms. The van der Waals surface area contributed by atoms with Gasteiger partial charge in [-0.2, -0.15) is 0 Å². The smallest absolute Gasteiger partial charge is 0.151 e. The van der Waals surface area contributed by atoms with E-state index in [1.54, 1.807) is 0 Å². The molecule has 0 aromatic heterocycles. The Hall–Kier alpha value is -0.130. The minimum atomic E-state index is -2.79. The summed E-state index contributed by atoms with van der Waals surface area (Å²) in [5, 5.41) is 13.1. The van der Waals surface area contributed by atoms with E-state index >= 15 is 0 Å². The standard InChI is InChI=1S/C11H21NO3S/c13-11-4-2-1-3-9(11)7-12-10-5-6-16(14,15)8-10/h9-13H,1-8H2. The van der Waals surface area contributed by atoms with Crippen molar-refractivity contribution in [1.29, 1.82) is 0 Å². The number of aliphatic hydroxyl groups excluding tert-OH is 1. The van der Waals surface area contributed by atoms with Gasteiger partial charge < -0.3 is 10.4 Å². The van der Waals surface area contributed by atoms with E-state index in [-0.39, 0.29) is 17.9 Å². The summed E-state index contributed by atoms with van der Waals surface area (Å²) in [5.41, 5.74) is 0. The first-order chi connectivity index (χ1) is 7.57. The maximum Gasteiger partial charge on any atom is 0.151 e. The molecule has 2 fully saturated rings. The highest BCUT2D eigenvalue weighted by Crippen LogP contribution is 2.24. The van der Waals surface area contributed by atoms with Gasteiger partial charge >= 0.3 is 0 Å². The largest absolute Gasteiger partial charge is 0.393 e. The lowest BCUT2D eigenvalue weighted by Gasteiger charge is -2.28. The normalized spacial score (nSPS) is 38.7. The third-order valence-electron chi connectivity index (χ3n) is 3.77. The van der Waals surface area contributed by atoms with Crippen molar-refractivity contribution in [2.75, 3.05) is 18.1 Å².